The Hall–Kier alpha value is -1.76. The molecule has 0 aliphatic heterocycles. The van der Waals surface area contributed by atoms with Crippen LogP contribution >= 0.6 is 0 Å². The maximum atomic E-state index is 11.3. The van der Waals surface area contributed by atoms with E-state index in [1.165, 1.54) is 11.1 Å². The van der Waals surface area contributed by atoms with Crippen LogP contribution in [0.3, 0.4) is 0 Å². The Morgan fingerprint density at radius 3 is 1.96 bits per heavy atom. The summed E-state index contributed by atoms with van der Waals surface area (Å²) >= 11 is 0. The molecule has 0 bridgehead atoms. The van der Waals surface area contributed by atoms with Gasteiger partial charge in [-0.15, -0.1) is 0 Å². The van der Waals surface area contributed by atoms with Crippen molar-refractivity contribution >= 4 is 0 Å². The Balaban J connectivity index is 2.63. The summed E-state index contributed by atoms with van der Waals surface area (Å²) in [6.07, 6.45) is 15.4. The van der Waals surface area contributed by atoms with Crippen molar-refractivity contribution in [1.82, 2.24) is 0 Å². The molecular formula is C27H40O. The van der Waals surface area contributed by atoms with E-state index in [0.717, 1.165) is 24.0 Å². The highest BCUT2D eigenvalue weighted by Crippen LogP contribution is 2.46. The summed E-state index contributed by atoms with van der Waals surface area (Å²) < 4.78 is 0. The summed E-state index contributed by atoms with van der Waals surface area (Å²) in [7, 11) is 0. The second kappa shape index (κ2) is 7.93. The molecule has 0 aromatic heterocycles. The zero-order chi connectivity index (χ0) is 21.3. The monoisotopic (exact) mass is 380 g/mol. The van der Waals surface area contributed by atoms with Crippen molar-refractivity contribution in [3.63, 3.8) is 0 Å². The van der Waals surface area contributed by atoms with Crippen LogP contribution in [0.2, 0.25) is 0 Å². The quantitative estimate of drug-likeness (QED) is 0.538. The van der Waals surface area contributed by atoms with Gasteiger partial charge in [-0.1, -0.05) is 105 Å². The number of benzene rings is 1. The lowest BCUT2D eigenvalue weighted by molar-refractivity contribution is 0.413. The van der Waals surface area contributed by atoms with Crippen LogP contribution in [0.5, 0.6) is 5.75 Å². The number of phenols is 1. The first kappa shape index (κ1) is 22.5. The molecule has 28 heavy (non-hydrogen) atoms. The van der Waals surface area contributed by atoms with Crippen molar-refractivity contribution in [2.75, 3.05) is 0 Å². The van der Waals surface area contributed by atoms with E-state index in [2.05, 4.69) is 105 Å². The molecule has 1 unspecified atom stereocenters. The fraction of sp³-hybridized carbons (Fsp3) is 0.556. The van der Waals surface area contributed by atoms with Gasteiger partial charge in [0.15, 0.2) is 0 Å². The van der Waals surface area contributed by atoms with Gasteiger partial charge in [-0.3, -0.25) is 0 Å². The third kappa shape index (κ3) is 5.19. The van der Waals surface area contributed by atoms with Gasteiger partial charge in [0.25, 0.3) is 0 Å². The zero-order valence-electron chi connectivity index (χ0n) is 19.5. The van der Waals surface area contributed by atoms with Gasteiger partial charge >= 0.3 is 0 Å². The molecular weight excluding hydrogens is 340 g/mol. The SMILES string of the molecule is CC(C)(C)c1cc(CC=CC2C=CC=CC2)c(C(C)(C)C)c(C(C)(C)C)c1O. The van der Waals surface area contributed by atoms with Gasteiger partial charge < -0.3 is 5.11 Å². The van der Waals surface area contributed by atoms with Crippen LogP contribution in [0.1, 0.15) is 91.0 Å². The first-order valence-electron chi connectivity index (χ1n) is 10.6. The second-order valence-electron chi connectivity index (χ2n) is 11.3. The van der Waals surface area contributed by atoms with Crippen LogP contribution in [0.4, 0.5) is 0 Å². The van der Waals surface area contributed by atoms with Gasteiger partial charge in [0.2, 0.25) is 0 Å². The molecule has 1 atom stereocenters. The summed E-state index contributed by atoms with van der Waals surface area (Å²) in [5.74, 6) is 0.974. The molecule has 0 saturated heterocycles. The van der Waals surface area contributed by atoms with Gasteiger partial charge in [-0.25, -0.2) is 0 Å². The van der Waals surface area contributed by atoms with Crippen LogP contribution in [-0.4, -0.2) is 5.11 Å². The molecule has 154 valence electrons. The predicted octanol–water partition coefficient (Wildman–Crippen LogP) is 7.52. The molecule has 1 nitrogen and oxygen atoms in total. The van der Waals surface area contributed by atoms with E-state index in [-0.39, 0.29) is 16.2 Å². The third-order valence-corrected chi connectivity index (χ3v) is 5.42. The van der Waals surface area contributed by atoms with E-state index >= 15 is 0 Å². The van der Waals surface area contributed by atoms with Crippen molar-refractivity contribution in [3.8, 4) is 5.75 Å². The third-order valence-electron chi connectivity index (χ3n) is 5.42. The van der Waals surface area contributed by atoms with Crippen molar-refractivity contribution < 1.29 is 5.11 Å². The Labute approximate surface area is 173 Å². The van der Waals surface area contributed by atoms with Gasteiger partial charge in [0.05, 0.1) is 0 Å². The lowest BCUT2D eigenvalue weighted by atomic mass is 9.69. The molecule has 0 amide bonds. The molecule has 1 aliphatic carbocycles. The van der Waals surface area contributed by atoms with E-state index in [0.29, 0.717) is 11.7 Å². The molecule has 0 saturated carbocycles. The standard InChI is InChI=1S/C27H40O/c1-25(2,3)21-18-20(17-13-16-19-14-11-10-12-15-19)22(26(4,5)6)23(24(21)28)27(7,8)9/h10-14,16,18-19,28H,15,17H2,1-9H3. The van der Waals surface area contributed by atoms with E-state index < -0.39 is 0 Å². The molecule has 1 aromatic rings. The smallest absolute Gasteiger partial charge is 0.123 e. The molecule has 2 rings (SSSR count). The highest BCUT2D eigenvalue weighted by atomic mass is 16.3. The minimum Gasteiger partial charge on any atom is -0.507 e. The summed E-state index contributed by atoms with van der Waals surface area (Å²) in [5.41, 5.74) is 4.54. The average Bonchev–Trinajstić information content (AvgIpc) is 2.53. The number of rotatable bonds is 3. The summed E-state index contributed by atoms with van der Waals surface area (Å²) in [6, 6.07) is 2.26. The molecule has 0 fully saturated rings. The van der Waals surface area contributed by atoms with Gasteiger partial charge in [-0.2, -0.15) is 0 Å². The van der Waals surface area contributed by atoms with Crippen LogP contribution < -0.4 is 0 Å². The minimum absolute atomic E-state index is 0.0346. The summed E-state index contributed by atoms with van der Waals surface area (Å²) in [5, 5.41) is 11.3. The van der Waals surface area contributed by atoms with Crippen LogP contribution in [0, 0.1) is 5.92 Å². The van der Waals surface area contributed by atoms with Crippen LogP contribution in [-0.2, 0) is 22.7 Å². The highest BCUT2D eigenvalue weighted by molar-refractivity contribution is 5.57. The lowest BCUT2D eigenvalue weighted by Gasteiger charge is -2.36. The Kier molecular flexibility index (Phi) is 6.38. The zero-order valence-corrected chi connectivity index (χ0v) is 19.5. The fourth-order valence-corrected chi connectivity index (χ4v) is 4.16. The lowest BCUT2D eigenvalue weighted by Crippen LogP contribution is -2.26. The Morgan fingerprint density at radius 1 is 0.893 bits per heavy atom. The van der Waals surface area contributed by atoms with E-state index in [1.807, 2.05) is 0 Å². The average molecular weight is 381 g/mol. The van der Waals surface area contributed by atoms with E-state index in [1.54, 1.807) is 0 Å². The molecule has 0 heterocycles. The molecule has 1 heteroatoms. The Morgan fingerprint density at radius 2 is 1.50 bits per heavy atom. The fourth-order valence-electron chi connectivity index (χ4n) is 4.16. The van der Waals surface area contributed by atoms with E-state index in [9.17, 15) is 5.11 Å². The van der Waals surface area contributed by atoms with E-state index in [4.69, 9.17) is 0 Å². The molecule has 1 aromatic carbocycles. The molecule has 1 aliphatic rings. The number of aromatic hydroxyl groups is 1. The largest absolute Gasteiger partial charge is 0.507 e. The number of hydrogen-bond donors (Lipinski definition) is 1. The number of phenolic OH excluding ortho intramolecular Hbond substituents is 1. The number of allylic oxidation sites excluding steroid dienone is 6. The summed E-state index contributed by atoms with van der Waals surface area (Å²) in [4.78, 5) is 0. The van der Waals surface area contributed by atoms with Crippen LogP contribution in [0.15, 0.2) is 42.5 Å². The van der Waals surface area contributed by atoms with Gasteiger partial charge in [0.1, 0.15) is 5.75 Å². The highest BCUT2D eigenvalue weighted by Gasteiger charge is 2.34. The first-order valence-corrected chi connectivity index (χ1v) is 10.6. The topological polar surface area (TPSA) is 20.2 Å². The molecule has 0 radical (unpaired) electrons. The van der Waals surface area contributed by atoms with Crippen LogP contribution in [0.25, 0.3) is 0 Å². The molecule has 0 spiro atoms. The van der Waals surface area contributed by atoms with Crippen molar-refractivity contribution in [2.24, 2.45) is 5.92 Å². The maximum Gasteiger partial charge on any atom is 0.123 e. The normalized spacial score (nSPS) is 18.2. The summed E-state index contributed by atoms with van der Waals surface area (Å²) in [6.45, 7) is 20.0. The van der Waals surface area contributed by atoms with Gasteiger partial charge in [-0.05, 0) is 51.7 Å². The predicted molar refractivity (Wildman–Crippen MR) is 123 cm³/mol. The maximum absolute atomic E-state index is 11.3. The Bertz CT molecular complexity index is 784. The second-order valence-corrected chi connectivity index (χ2v) is 11.3. The number of hydrogen-bond acceptors (Lipinski definition) is 1. The van der Waals surface area contributed by atoms with Gasteiger partial charge in [0, 0.05) is 5.56 Å². The van der Waals surface area contributed by atoms with Crippen molar-refractivity contribution in [1.29, 1.82) is 0 Å². The van der Waals surface area contributed by atoms with Crippen molar-refractivity contribution in [3.05, 3.63) is 64.8 Å². The minimum atomic E-state index is -0.122. The molecule has 1 N–H and O–H groups in total. The first-order chi connectivity index (χ1) is 12.7. The van der Waals surface area contributed by atoms with Crippen molar-refractivity contribution in [2.45, 2.75) is 91.4 Å².